The molecular formula is C20H29IN4. The van der Waals surface area contributed by atoms with Gasteiger partial charge in [-0.05, 0) is 44.4 Å². The van der Waals surface area contributed by atoms with E-state index in [9.17, 15) is 0 Å². The molecule has 1 aromatic heterocycles. The topological polar surface area (TPSA) is 49.3 Å². The average Bonchev–Trinajstić information content (AvgIpc) is 2.58. The van der Waals surface area contributed by atoms with Crippen molar-refractivity contribution < 1.29 is 0 Å². The summed E-state index contributed by atoms with van der Waals surface area (Å²) in [5, 5.41) is 6.72. The third-order valence-corrected chi connectivity index (χ3v) is 3.91. The molecule has 136 valence electrons. The third-order valence-electron chi connectivity index (χ3n) is 3.91. The van der Waals surface area contributed by atoms with Crippen LogP contribution in [0.4, 0.5) is 0 Å². The van der Waals surface area contributed by atoms with Gasteiger partial charge in [-0.3, -0.25) is 4.98 Å². The van der Waals surface area contributed by atoms with Crippen LogP contribution in [0.1, 0.15) is 42.3 Å². The number of rotatable bonds is 6. The molecule has 2 aromatic rings. The zero-order valence-electron chi connectivity index (χ0n) is 15.5. The largest absolute Gasteiger partial charge is 0.357 e. The van der Waals surface area contributed by atoms with E-state index in [4.69, 9.17) is 0 Å². The van der Waals surface area contributed by atoms with E-state index in [1.54, 1.807) is 0 Å². The summed E-state index contributed by atoms with van der Waals surface area (Å²) in [5.74, 6) is 1.26. The highest BCUT2D eigenvalue weighted by atomic mass is 127. The minimum absolute atomic E-state index is 0. The van der Waals surface area contributed by atoms with Crippen LogP contribution < -0.4 is 10.6 Å². The summed E-state index contributed by atoms with van der Waals surface area (Å²) in [6.45, 7) is 10.7. The van der Waals surface area contributed by atoms with Gasteiger partial charge in [0, 0.05) is 18.8 Å². The van der Waals surface area contributed by atoms with Gasteiger partial charge in [-0.2, -0.15) is 0 Å². The van der Waals surface area contributed by atoms with E-state index < -0.39 is 0 Å². The fourth-order valence-corrected chi connectivity index (χ4v) is 2.45. The molecule has 0 fully saturated rings. The van der Waals surface area contributed by atoms with Crippen LogP contribution in [0.5, 0.6) is 0 Å². The third kappa shape index (κ3) is 7.42. The molecule has 1 heterocycles. The first-order valence-corrected chi connectivity index (χ1v) is 8.59. The minimum Gasteiger partial charge on any atom is -0.357 e. The Hall–Kier alpha value is -1.63. The van der Waals surface area contributed by atoms with E-state index >= 15 is 0 Å². The van der Waals surface area contributed by atoms with Gasteiger partial charge in [0.05, 0.1) is 12.2 Å². The lowest BCUT2D eigenvalue weighted by Crippen LogP contribution is -2.39. The van der Waals surface area contributed by atoms with Crippen LogP contribution in [0.2, 0.25) is 0 Å². The Balaban J connectivity index is 0.00000312. The number of nitrogens with zero attached hydrogens (tertiary/aromatic N) is 2. The Labute approximate surface area is 168 Å². The molecule has 25 heavy (non-hydrogen) atoms. The first-order chi connectivity index (χ1) is 11.6. The second kappa shape index (κ2) is 11.1. The van der Waals surface area contributed by atoms with Crippen LogP contribution >= 0.6 is 24.0 Å². The van der Waals surface area contributed by atoms with E-state index in [2.05, 4.69) is 65.6 Å². The van der Waals surface area contributed by atoms with Crippen molar-refractivity contribution in [1.82, 2.24) is 15.6 Å². The lowest BCUT2D eigenvalue weighted by molar-refractivity contribution is 0.699. The predicted molar refractivity (Wildman–Crippen MR) is 117 cm³/mol. The quantitative estimate of drug-likeness (QED) is 0.393. The summed E-state index contributed by atoms with van der Waals surface area (Å²) in [4.78, 5) is 9.13. The second-order valence-corrected chi connectivity index (χ2v) is 6.16. The summed E-state index contributed by atoms with van der Waals surface area (Å²) in [5.41, 5.74) is 4.64. The van der Waals surface area contributed by atoms with Crippen LogP contribution in [0.3, 0.4) is 0 Å². The zero-order valence-corrected chi connectivity index (χ0v) is 17.9. The number of pyridine rings is 1. The fourth-order valence-electron chi connectivity index (χ4n) is 2.45. The van der Waals surface area contributed by atoms with E-state index in [0.717, 1.165) is 30.4 Å². The van der Waals surface area contributed by atoms with Crippen molar-refractivity contribution in [2.24, 2.45) is 4.99 Å². The van der Waals surface area contributed by atoms with E-state index in [-0.39, 0.29) is 24.0 Å². The smallest absolute Gasteiger partial charge is 0.191 e. The lowest BCUT2D eigenvalue weighted by atomic mass is 10.0. The molecule has 0 bridgehead atoms. The van der Waals surface area contributed by atoms with Crippen LogP contribution in [0, 0.1) is 13.8 Å². The Kier molecular flexibility index (Phi) is 9.49. The van der Waals surface area contributed by atoms with Crippen molar-refractivity contribution in [2.75, 3.05) is 13.1 Å². The molecule has 1 unspecified atom stereocenters. The summed E-state index contributed by atoms with van der Waals surface area (Å²) >= 11 is 0. The molecule has 0 aliphatic rings. The van der Waals surface area contributed by atoms with Gasteiger partial charge in [0.15, 0.2) is 5.96 Å². The summed E-state index contributed by atoms with van der Waals surface area (Å²) in [6.07, 6.45) is 0. The van der Waals surface area contributed by atoms with Crippen LogP contribution in [-0.2, 0) is 6.54 Å². The van der Waals surface area contributed by atoms with Gasteiger partial charge in [-0.15, -0.1) is 24.0 Å². The number of guanidine groups is 1. The highest BCUT2D eigenvalue weighted by molar-refractivity contribution is 14.0. The van der Waals surface area contributed by atoms with Gasteiger partial charge < -0.3 is 10.6 Å². The molecule has 1 aromatic carbocycles. The highest BCUT2D eigenvalue weighted by Gasteiger charge is 2.06. The maximum absolute atomic E-state index is 4.64. The summed E-state index contributed by atoms with van der Waals surface area (Å²) in [6, 6.07) is 14.7. The molecule has 5 heteroatoms. The fraction of sp³-hybridized carbons (Fsp3) is 0.400. The van der Waals surface area contributed by atoms with Crippen molar-refractivity contribution in [1.29, 1.82) is 0 Å². The number of aromatic nitrogens is 1. The molecule has 0 radical (unpaired) electrons. The lowest BCUT2D eigenvalue weighted by Gasteiger charge is -2.16. The molecule has 2 N–H and O–H groups in total. The minimum atomic E-state index is 0. The normalized spacial score (nSPS) is 12.2. The van der Waals surface area contributed by atoms with E-state index in [1.165, 1.54) is 11.1 Å². The van der Waals surface area contributed by atoms with Gasteiger partial charge in [0.1, 0.15) is 0 Å². The van der Waals surface area contributed by atoms with Gasteiger partial charge >= 0.3 is 0 Å². The van der Waals surface area contributed by atoms with Crippen molar-refractivity contribution in [3.8, 4) is 0 Å². The molecule has 1 atom stereocenters. The van der Waals surface area contributed by atoms with Crippen molar-refractivity contribution >= 4 is 29.9 Å². The van der Waals surface area contributed by atoms with Gasteiger partial charge in [-0.25, -0.2) is 4.99 Å². The Morgan fingerprint density at radius 2 is 1.80 bits per heavy atom. The summed E-state index contributed by atoms with van der Waals surface area (Å²) < 4.78 is 0. The van der Waals surface area contributed by atoms with Crippen molar-refractivity contribution in [2.45, 2.75) is 40.2 Å². The number of halogens is 1. The number of hydrogen-bond acceptors (Lipinski definition) is 2. The van der Waals surface area contributed by atoms with Crippen LogP contribution in [0.25, 0.3) is 0 Å². The monoisotopic (exact) mass is 452 g/mol. The molecule has 0 spiro atoms. The first-order valence-electron chi connectivity index (χ1n) is 8.59. The molecule has 4 nitrogen and oxygen atoms in total. The van der Waals surface area contributed by atoms with Gasteiger partial charge in [0.2, 0.25) is 0 Å². The Bertz CT molecular complexity index is 668. The first kappa shape index (κ1) is 21.4. The number of benzene rings is 1. The maximum Gasteiger partial charge on any atom is 0.191 e. The van der Waals surface area contributed by atoms with Crippen LogP contribution in [0.15, 0.2) is 47.5 Å². The van der Waals surface area contributed by atoms with Crippen molar-refractivity contribution in [3.63, 3.8) is 0 Å². The zero-order chi connectivity index (χ0) is 17.4. The molecule has 0 aliphatic carbocycles. The van der Waals surface area contributed by atoms with E-state index in [0.29, 0.717) is 12.5 Å². The molecular weight excluding hydrogens is 423 g/mol. The number of nitrogens with one attached hydrogen (secondary N) is 2. The average molecular weight is 452 g/mol. The van der Waals surface area contributed by atoms with E-state index in [1.807, 2.05) is 25.1 Å². The maximum atomic E-state index is 4.64. The molecule has 0 saturated heterocycles. The van der Waals surface area contributed by atoms with Crippen molar-refractivity contribution in [3.05, 3.63) is 65.0 Å². The standard InChI is InChI=1S/C20H28N4.HI/c1-5-21-20(23-14-19-8-6-7-17(4)24-19)22-13-16(3)18-11-9-15(2)10-12-18;/h6-12,16H,5,13-14H2,1-4H3,(H2,21,22,23);1H. The number of aliphatic imine (C=N–C) groups is 1. The second-order valence-electron chi connectivity index (χ2n) is 6.16. The van der Waals surface area contributed by atoms with Crippen LogP contribution in [-0.4, -0.2) is 24.0 Å². The summed E-state index contributed by atoms with van der Waals surface area (Å²) in [7, 11) is 0. The van der Waals surface area contributed by atoms with Gasteiger partial charge in [0.25, 0.3) is 0 Å². The highest BCUT2D eigenvalue weighted by Crippen LogP contribution is 2.14. The number of hydrogen-bond donors (Lipinski definition) is 2. The van der Waals surface area contributed by atoms with Gasteiger partial charge in [-0.1, -0.05) is 42.8 Å². The predicted octanol–water partition coefficient (Wildman–Crippen LogP) is 4.18. The Morgan fingerprint density at radius 1 is 1.08 bits per heavy atom. The molecule has 0 aliphatic heterocycles. The molecule has 0 saturated carbocycles. The number of aryl methyl sites for hydroxylation is 2. The molecule has 0 amide bonds. The SMILES string of the molecule is CCNC(=NCc1cccc(C)n1)NCC(C)c1ccc(C)cc1.I. The Morgan fingerprint density at radius 3 is 2.44 bits per heavy atom. The molecule has 2 rings (SSSR count).